The number of likely N-dealkylation sites (N-methyl/N-ethyl adjacent to an activating group) is 1. The summed E-state index contributed by atoms with van der Waals surface area (Å²) in [5.41, 5.74) is 2.53. The zero-order valence-corrected chi connectivity index (χ0v) is 20.3. The summed E-state index contributed by atoms with van der Waals surface area (Å²) in [6.45, 7) is 2.75. The van der Waals surface area contributed by atoms with Crippen molar-refractivity contribution in [2.45, 2.75) is 18.4 Å². The van der Waals surface area contributed by atoms with Crippen LogP contribution in [0.3, 0.4) is 0 Å². The molecule has 1 saturated heterocycles. The first kappa shape index (κ1) is 23.5. The first-order chi connectivity index (χ1) is 13.5. The number of ether oxygens (including phenoxy) is 1. The molecule has 1 fully saturated rings. The summed E-state index contributed by atoms with van der Waals surface area (Å²) in [7, 11) is 9.73. The lowest BCUT2D eigenvalue weighted by Crippen LogP contribution is -2.43. The van der Waals surface area contributed by atoms with Crippen LogP contribution in [0.25, 0.3) is 0 Å². The molecule has 0 aliphatic carbocycles. The summed E-state index contributed by atoms with van der Waals surface area (Å²) < 4.78 is 7.27. The van der Waals surface area contributed by atoms with Crippen molar-refractivity contribution in [2.24, 2.45) is 12.0 Å². The van der Waals surface area contributed by atoms with Crippen molar-refractivity contribution in [3.8, 4) is 5.75 Å². The largest absolute Gasteiger partial charge is 0.497 e. The van der Waals surface area contributed by atoms with Gasteiger partial charge in [0.25, 0.3) is 0 Å². The van der Waals surface area contributed by atoms with Crippen molar-refractivity contribution in [3.63, 3.8) is 0 Å². The van der Waals surface area contributed by atoms with Crippen LogP contribution in [0.15, 0.2) is 41.7 Å². The molecule has 7 nitrogen and oxygen atoms in total. The minimum Gasteiger partial charge on any atom is -0.497 e. The van der Waals surface area contributed by atoms with Crippen molar-refractivity contribution in [2.75, 3.05) is 47.9 Å². The van der Waals surface area contributed by atoms with E-state index >= 15 is 0 Å². The van der Waals surface area contributed by atoms with Gasteiger partial charge in [0.1, 0.15) is 5.75 Å². The molecule has 0 spiro atoms. The van der Waals surface area contributed by atoms with Gasteiger partial charge in [-0.05, 0) is 43.8 Å². The Morgan fingerprint density at radius 2 is 2.21 bits per heavy atom. The highest BCUT2D eigenvalue weighted by Crippen LogP contribution is 2.27. The number of likely N-dealkylation sites (tertiary alicyclic amines) is 1. The lowest BCUT2D eigenvalue weighted by Gasteiger charge is -2.28. The monoisotopic (exact) mass is 512 g/mol. The number of benzene rings is 1. The summed E-state index contributed by atoms with van der Waals surface area (Å²) in [4.78, 5) is 9.09. The van der Waals surface area contributed by atoms with E-state index in [1.165, 1.54) is 11.1 Å². The molecule has 2 aromatic rings. The van der Waals surface area contributed by atoms with Gasteiger partial charge in [0.2, 0.25) is 0 Å². The van der Waals surface area contributed by atoms with E-state index < -0.39 is 0 Å². The molecular weight excluding hydrogens is 479 g/mol. The predicted octanol–water partition coefficient (Wildman–Crippen LogP) is 2.71. The van der Waals surface area contributed by atoms with Crippen LogP contribution in [0.5, 0.6) is 5.75 Å². The number of aliphatic imine (C=N–C) groups is 1. The maximum absolute atomic E-state index is 5.39. The first-order valence-electron chi connectivity index (χ1n) is 9.76. The fraction of sp³-hybridized carbons (Fsp3) is 0.524. The lowest BCUT2D eigenvalue weighted by molar-refractivity contribution is 0.294. The second-order valence-corrected chi connectivity index (χ2v) is 7.56. The normalized spacial score (nSPS) is 17.9. The Morgan fingerprint density at radius 1 is 1.41 bits per heavy atom. The Hall–Kier alpha value is -1.81. The van der Waals surface area contributed by atoms with Crippen LogP contribution in [0.1, 0.15) is 29.5 Å². The highest BCUT2D eigenvalue weighted by Gasteiger charge is 2.27. The zero-order valence-electron chi connectivity index (χ0n) is 18.0. The number of nitrogens with one attached hydrogen (secondary N) is 1. The number of aryl methyl sites for hydroxylation is 1. The summed E-state index contributed by atoms with van der Waals surface area (Å²) in [6, 6.07) is 8.49. The summed E-state index contributed by atoms with van der Waals surface area (Å²) in [6.07, 6.45) is 5.23. The molecule has 0 amide bonds. The third kappa shape index (κ3) is 5.85. The minimum atomic E-state index is 0. The number of methoxy groups -OCH3 is 1. The molecule has 0 radical (unpaired) electrons. The summed E-state index contributed by atoms with van der Waals surface area (Å²) >= 11 is 0. The van der Waals surface area contributed by atoms with Crippen LogP contribution in [0, 0.1) is 0 Å². The van der Waals surface area contributed by atoms with Crippen molar-refractivity contribution >= 4 is 29.9 Å². The molecule has 0 saturated carbocycles. The number of hydrogen-bond acceptors (Lipinski definition) is 4. The van der Waals surface area contributed by atoms with Crippen molar-refractivity contribution < 1.29 is 4.74 Å². The topological polar surface area (TPSA) is 57.9 Å². The Bertz CT molecular complexity index is 806. The van der Waals surface area contributed by atoms with E-state index in [0.29, 0.717) is 5.92 Å². The van der Waals surface area contributed by atoms with Crippen LogP contribution in [-0.2, 0) is 7.05 Å². The fourth-order valence-corrected chi connectivity index (χ4v) is 3.84. The van der Waals surface area contributed by atoms with Gasteiger partial charge in [0.05, 0.1) is 19.3 Å². The van der Waals surface area contributed by atoms with Gasteiger partial charge in [-0.1, -0.05) is 12.1 Å². The van der Waals surface area contributed by atoms with Crippen molar-refractivity contribution in [1.29, 1.82) is 0 Å². The second-order valence-electron chi connectivity index (χ2n) is 7.56. The standard InChI is InChI=1S/C21H32N6O.HI/c1-22-21(27-10-9-17(15-27)18-12-24-26(4)14-18)23-13-20(25(2)3)16-7-6-8-19(11-16)28-5;/h6-8,11-12,14,17,20H,9-10,13,15H2,1-5H3,(H,22,23);1H. The zero-order chi connectivity index (χ0) is 20.1. The highest BCUT2D eigenvalue weighted by molar-refractivity contribution is 14.0. The third-order valence-corrected chi connectivity index (χ3v) is 5.45. The molecule has 1 aliphatic rings. The van der Waals surface area contributed by atoms with E-state index in [1.807, 2.05) is 37.1 Å². The average Bonchev–Trinajstić information content (AvgIpc) is 3.34. The van der Waals surface area contributed by atoms with Gasteiger partial charge in [-0.25, -0.2) is 0 Å². The molecule has 2 atom stereocenters. The molecule has 29 heavy (non-hydrogen) atoms. The Labute approximate surface area is 191 Å². The Kier molecular flexibility index (Phi) is 8.76. The van der Waals surface area contributed by atoms with E-state index in [-0.39, 0.29) is 30.0 Å². The molecule has 8 heteroatoms. The predicted molar refractivity (Wildman–Crippen MR) is 128 cm³/mol. The minimum absolute atomic E-state index is 0. The Morgan fingerprint density at radius 3 is 2.83 bits per heavy atom. The van der Waals surface area contributed by atoms with Gasteiger partial charge in [-0.15, -0.1) is 24.0 Å². The van der Waals surface area contributed by atoms with Crippen molar-refractivity contribution in [3.05, 3.63) is 47.8 Å². The van der Waals surface area contributed by atoms with E-state index in [2.05, 4.69) is 57.6 Å². The molecule has 2 heterocycles. The number of rotatable bonds is 6. The van der Waals surface area contributed by atoms with Crippen LogP contribution in [0.2, 0.25) is 0 Å². The van der Waals surface area contributed by atoms with Gasteiger partial charge in [-0.3, -0.25) is 9.67 Å². The SMILES string of the molecule is CN=C(NCC(c1cccc(OC)c1)N(C)C)N1CCC(c2cnn(C)c2)C1.I. The van der Waals surface area contributed by atoms with Gasteiger partial charge >= 0.3 is 0 Å². The molecule has 1 aliphatic heterocycles. The summed E-state index contributed by atoms with van der Waals surface area (Å²) in [5.74, 6) is 2.35. The maximum atomic E-state index is 5.39. The van der Waals surface area contributed by atoms with E-state index in [9.17, 15) is 0 Å². The van der Waals surface area contributed by atoms with Crippen molar-refractivity contribution in [1.82, 2.24) is 24.9 Å². The molecule has 3 rings (SSSR count). The lowest BCUT2D eigenvalue weighted by atomic mass is 10.0. The van der Waals surface area contributed by atoms with Gasteiger partial charge in [0, 0.05) is 45.8 Å². The van der Waals surface area contributed by atoms with Crippen LogP contribution in [0.4, 0.5) is 0 Å². The number of nitrogens with zero attached hydrogens (tertiary/aromatic N) is 5. The average molecular weight is 512 g/mol. The second kappa shape index (κ2) is 10.8. The quantitative estimate of drug-likeness (QED) is 0.367. The van der Waals surface area contributed by atoms with E-state index in [4.69, 9.17) is 4.74 Å². The van der Waals surface area contributed by atoms with Gasteiger partial charge in [0.15, 0.2) is 5.96 Å². The van der Waals surface area contributed by atoms with Crippen LogP contribution in [-0.4, -0.2) is 73.4 Å². The first-order valence-corrected chi connectivity index (χ1v) is 9.76. The molecular formula is C21H33IN6O. The molecule has 160 valence electrons. The summed E-state index contributed by atoms with van der Waals surface area (Å²) in [5, 5.41) is 7.89. The van der Waals surface area contributed by atoms with Gasteiger partial charge in [-0.2, -0.15) is 5.10 Å². The maximum Gasteiger partial charge on any atom is 0.193 e. The number of guanidine groups is 1. The highest BCUT2D eigenvalue weighted by atomic mass is 127. The number of aromatic nitrogens is 2. The molecule has 1 N–H and O–H groups in total. The smallest absolute Gasteiger partial charge is 0.193 e. The molecule has 1 aromatic heterocycles. The van der Waals surface area contributed by atoms with Crippen LogP contribution >= 0.6 is 24.0 Å². The van der Waals surface area contributed by atoms with E-state index in [0.717, 1.165) is 37.8 Å². The molecule has 1 aromatic carbocycles. The third-order valence-electron chi connectivity index (χ3n) is 5.45. The molecule has 0 bridgehead atoms. The Balaban J connectivity index is 0.00000300. The fourth-order valence-electron chi connectivity index (χ4n) is 3.84. The molecule has 2 unspecified atom stereocenters. The van der Waals surface area contributed by atoms with Crippen LogP contribution < -0.4 is 10.1 Å². The van der Waals surface area contributed by atoms with Gasteiger partial charge < -0.3 is 19.9 Å². The number of hydrogen-bond donors (Lipinski definition) is 1. The van der Waals surface area contributed by atoms with E-state index in [1.54, 1.807) is 7.11 Å². The number of halogens is 1.